The van der Waals surface area contributed by atoms with Crippen LogP contribution in [0.15, 0.2) is 41.0 Å². The molecule has 1 heterocycles. The number of benzene rings is 1. The Morgan fingerprint density at radius 3 is 2.62 bits per heavy atom. The Kier molecular flexibility index (Phi) is 5.30. The summed E-state index contributed by atoms with van der Waals surface area (Å²) in [7, 11) is 0. The summed E-state index contributed by atoms with van der Waals surface area (Å²) in [4.78, 5) is 12.3. The smallest absolute Gasteiger partial charge is 0.463 e. The summed E-state index contributed by atoms with van der Waals surface area (Å²) in [6.45, 7) is -2.93. The highest BCUT2D eigenvalue weighted by molar-refractivity contribution is 6.74. The van der Waals surface area contributed by atoms with Gasteiger partial charge in [-0.3, -0.25) is 0 Å². The average molecular weight is 369 g/mol. The fourth-order valence-electron chi connectivity index (χ4n) is 2.79. The fraction of sp³-hybridized carbons (Fsp3) is 0.250. The second-order valence-electron chi connectivity index (χ2n) is 5.43. The topological polar surface area (TPSA) is 85.3 Å². The van der Waals surface area contributed by atoms with Crippen LogP contribution >= 0.6 is 0 Å². The van der Waals surface area contributed by atoms with Gasteiger partial charge < -0.3 is 28.2 Å². The number of carbonyl (C=O) groups is 1. The first-order valence-electron chi connectivity index (χ1n) is 7.57. The molecule has 0 saturated carbocycles. The van der Waals surface area contributed by atoms with E-state index in [-0.39, 0.29) is 12.4 Å². The van der Waals surface area contributed by atoms with Crippen LogP contribution in [0.25, 0.3) is 0 Å². The number of nitriles is 1. The fourth-order valence-corrected chi connectivity index (χ4v) is 2.79. The molecule has 1 aromatic carbocycles. The van der Waals surface area contributed by atoms with Crippen molar-refractivity contribution in [1.29, 1.82) is 5.26 Å². The van der Waals surface area contributed by atoms with Crippen LogP contribution in [-0.4, -0.2) is 19.6 Å². The van der Waals surface area contributed by atoms with E-state index in [1.165, 1.54) is 13.8 Å². The van der Waals surface area contributed by atoms with Gasteiger partial charge in [0.05, 0.1) is 18.1 Å². The van der Waals surface area contributed by atoms with Crippen LogP contribution in [0, 0.1) is 17.1 Å². The van der Waals surface area contributed by atoms with E-state index in [1.54, 1.807) is 6.07 Å². The summed E-state index contributed by atoms with van der Waals surface area (Å²) in [5, 5.41) is 9.35. The highest BCUT2D eigenvalue weighted by atomic mass is 19.4. The minimum atomic E-state index is -5.63. The zero-order chi connectivity index (χ0) is 19.6. The van der Waals surface area contributed by atoms with E-state index >= 15 is 0 Å². The quantitative estimate of drug-likeness (QED) is 0.501. The molecule has 1 aromatic rings. The van der Waals surface area contributed by atoms with Crippen molar-refractivity contribution in [2.45, 2.75) is 19.8 Å². The van der Waals surface area contributed by atoms with Crippen molar-refractivity contribution in [1.82, 2.24) is 0 Å². The maximum absolute atomic E-state index is 14.5. The van der Waals surface area contributed by atoms with Gasteiger partial charge in [0.2, 0.25) is 5.88 Å². The SMILES string of the molecule is CCOC(=O)C1=C(C)OC(N)=C(C#N)C1c1c(F)cccc1[B-](F)(F)F. The first-order valence-corrected chi connectivity index (χ1v) is 7.57. The number of nitrogens with two attached hydrogens (primary N) is 1. The molecular weight excluding hydrogens is 355 g/mol. The molecule has 1 aliphatic heterocycles. The van der Waals surface area contributed by atoms with Crippen molar-refractivity contribution in [2.24, 2.45) is 5.73 Å². The van der Waals surface area contributed by atoms with E-state index in [0.717, 1.165) is 12.1 Å². The number of nitrogens with zero attached hydrogens (tertiary/aromatic N) is 1. The van der Waals surface area contributed by atoms with E-state index in [2.05, 4.69) is 0 Å². The van der Waals surface area contributed by atoms with Gasteiger partial charge in [-0.15, -0.1) is 5.46 Å². The lowest BCUT2D eigenvalue weighted by atomic mass is 9.70. The number of carbonyl (C=O) groups excluding carboxylic acids is 1. The molecule has 26 heavy (non-hydrogen) atoms. The number of hydrogen-bond donors (Lipinski definition) is 1. The van der Waals surface area contributed by atoms with Gasteiger partial charge in [0.15, 0.2) is 0 Å². The summed E-state index contributed by atoms with van der Waals surface area (Å²) in [5.74, 6) is -4.57. The maximum atomic E-state index is 14.5. The number of halogens is 4. The standard InChI is InChI=1S/C16H14BF4N2O3/c1-3-25-16(24)12-8(2)26-15(23)9(7-22)13(12)14-10(17(19,20)21)5-4-6-11(14)18/h4-6,13H,3,23H2,1-2H3/q-1. The van der Waals surface area contributed by atoms with Crippen LogP contribution in [0.3, 0.4) is 0 Å². The van der Waals surface area contributed by atoms with Gasteiger partial charge in [0.1, 0.15) is 23.2 Å². The lowest BCUT2D eigenvalue weighted by Gasteiger charge is -2.30. The van der Waals surface area contributed by atoms with Crippen LogP contribution in [0.4, 0.5) is 17.3 Å². The second kappa shape index (κ2) is 7.11. The van der Waals surface area contributed by atoms with E-state index in [1.807, 2.05) is 0 Å². The predicted molar refractivity (Wildman–Crippen MR) is 85.1 cm³/mol. The molecule has 0 fully saturated rings. The summed E-state index contributed by atoms with van der Waals surface area (Å²) in [6.07, 6.45) is 0. The lowest BCUT2D eigenvalue weighted by Crippen LogP contribution is -2.40. The summed E-state index contributed by atoms with van der Waals surface area (Å²) in [6, 6.07) is 4.03. The Labute approximate surface area is 146 Å². The Hall–Kier alpha value is -2.96. The molecule has 5 nitrogen and oxygen atoms in total. The number of ether oxygens (including phenoxy) is 2. The third-order valence-electron chi connectivity index (χ3n) is 3.83. The van der Waals surface area contributed by atoms with Crippen molar-refractivity contribution in [3.63, 3.8) is 0 Å². The van der Waals surface area contributed by atoms with Crippen LogP contribution in [-0.2, 0) is 14.3 Å². The lowest BCUT2D eigenvalue weighted by molar-refractivity contribution is -0.139. The Balaban J connectivity index is 2.84. The van der Waals surface area contributed by atoms with Gasteiger partial charge in [-0.05, 0) is 25.5 Å². The molecule has 10 heteroatoms. The second-order valence-corrected chi connectivity index (χ2v) is 5.43. The van der Waals surface area contributed by atoms with E-state index in [9.17, 15) is 27.4 Å². The van der Waals surface area contributed by atoms with Crippen LogP contribution in [0.2, 0.25) is 0 Å². The largest absolute Gasteiger partial charge is 0.510 e. The monoisotopic (exact) mass is 369 g/mol. The zero-order valence-electron chi connectivity index (χ0n) is 13.9. The van der Waals surface area contributed by atoms with Crippen LogP contribution in [0.1, 0.15) is 25.3 Å². The van der Waals surface area contributed by atoms with Crippen molar-refractivity contribution in [3.05, 3.63) is 52.4 Å². The highest BCUT2D eigenvalue weighted by Gasteiger charge is 2.41. The molecule has 0 amide bonds. The number of allylic oxidation sites excluding steroid dienone is 2. The molecule has 0 spiro atoms. The van der Waals surface area contributed by atoms with Crippen LogP contribution in [0.5, 0.6) is 0 Å². The molecule has 1 aliphatic rings. The van der Waals surface area contributed by atoms with Gasteiger partial charge in [0.25, 0.3) is 0 Å². The van der Waals surface area contributed by atoms with Gasteiger partial charge >= 0.3 is 12.9 Å². The molecule has 0 aromatic heterocycles. The van der Waals surface area contributed by atoms with Gasteiger partial charge in [0, 0.05) is 0 Å². The number of esters is 1. The van der Waals surface area contributed by atoms with Crippen molar-refractivity contribution >= 4 is 18.4 Å². The molecule has 0 saturated heterocycles. The van der Waals surface area contributed by atoms with E-state index < -0.39 is 52.7 Å². The Morgan fingerprint density at radius 1 is 1.42 bits per heavy atom. The van der Waals surface area contributed by atoms with E-state index in [4.69, 9.17) is 15.2 Å². The molecule has 2 N–H and O–H groups in total. The van der Waals surface area contributed by atoms with Gasteiger partial charge in [-0.25, -0.2) is 9.18 Å². The highest BCUT2D eigenvalue weighted by Crippen LogP contribution is 2.40. The normalized spacial score (nSPS) is 17.7. The van der Waals surface area contributed by atoms with Crippen molar-refractivity contribution in [3.8, 4) is 6.07 Å². The minimum Gasteiger partial charge on any atom is -0.463 e. The predicted octanol–water partition coefficient (Wildman–Crippen LogP) is 2.52. The Morgan fingerprint density at radius 2 is 2.08 bits per heavy atom. The van der Waals surface area contributed by atoms with Crippen molar-refractivity contribution < 1.29 is 31.6 Å². The number of hydrogen-bond acceptors (Lipinski definition) is 5. The molecular formula is C16H14BF4N2O3-. The van der Waals surface area contributed by atoms with Crippen LogP contribution < -0.4 is 11.2 Å². The third kappa shape index (κ3) is 3.38. The Bertz CT molecular complexity index is 856. The average Bonchev–Trinajstić information content (AvgIpc) is 2.53. The van der Waals surface area contributed by atoms with Gasteiger partial charge in [-0.1, -0.05) is 12.1 Å². The molecule has 138 valence electrons. The first-order chi connectivity index (χ1) is 12.1. The van der Waals surface area contributed by atoms with Gasteiger partial charge in [-0.2, -0.15) is 5.26 Å². The summed E-state index contributed by atoms with van der Waals surface area (Å²) >= 11 is 0. The zero-order valence-corrected chi connectivity index (χ0v) is 13.9. The van der Waals surface area contributed by atoms with Crippen molar-refractivity contribution in [2.75, 3.05) is 6.61 Å². The molecule has 0 bridgehead atoms. The molecule has 1 atom stereocenters. The third-order valence-corrected chi connectivity index (χ3v) is 3.83. The molecule has 0 radical (unpaired) electrons. The first kappa shape index (κ1) is 19.4. The summed E-state index contributed by atoms with van der Waals surface area (Å²) in [5.41, 5.74) is 2.60. The molecule has 1 unspecified atom stereocenters. The minimum absolute atomic E-state index is 0.0727. The molecule has 2 rings (SSSR count). The maximum Gasteiger partial charge on any atom is 0.510 e. The molecule has 0 aliphatic carbocycles. The van der Waals surface area contributed by atoms with E-state index in [0.29, 0.717) is 6.07 Å². The number of rotatable bonds is 4. The summed E-state index contributed by atoms with van der Waals surface area (Å²) < 4.78 is 64.9.